The van der Waals surface area contributed by atoms with Crippen LogP contribution in [0.15, 0.2) is 47.8 Å². The predicted molar refractivity (Wildman–Crippen MR) is 102 cm³/mol. The van der Waals surface area contributed by atoms with Crippen molar-refractivity contribution < 1.29 is 14.3 Å². The van der Waals surface area contributed by atoms with Crippen LogP contribution in [0.25, 0.3) is 11.3 Å². The number of rotatable bonds is 5. The number of nitrogens with one attached hydrogen (secondary N) is 1. The number of carbonyl (C=O) groups excluding carboxylic acids is 1. The predicted octanol–water partition coefficient (Wildman–Crippen LogP) is 3.63. The minimum Gasteiger partial charge on any atom is -0.493 e. The van der Waals surface area contributed by atoms with Gasteiger partial charge in [0, 0.05) is 17.4 Å². The standard InChI is InChI=1S/C20H15N3O3S/c21-10-15-3-1-2-4-17(15)26-11-19(24)23-20-22-16(12-27-20)13-5-6-18-14(9-13)7-8-25-18/h1-6,9,12H,7-8,11H2,(H,22,23,24). The molecule has 0 saturated heterocycles. The molecule has 0 fully saturated rings. The Morgan fingerprint density at radius 3 is 3.11 bits per heavy atom. The van der Waals surface area contributed by atoms with Crippen molar-refractivity contribution in [1.29, 1.82) is 5.26 Å². The zero-order valence-corrected chi connectivity index (χ0v) is 15.1. The summed E-state index contributed by atoms with van der Waals surface area (Å²) in [6, 6.07) is 14.8. The van der Waals surface area contributed by atoms with E-state index in [0.717, 1.165) is 23.4 Å². The van der Waals surface area contributed by atoms with Crippen LogP contribution in [-0.2, 0) is 11.2 Å². The number of nitriles is 1. The minimum atomic E-state index is -0.328. The number of ether oxygens (including phenoxy) is 2. The molecule has 1 aromatic heterocycles. The maximum Gasteiger partial charge on any atom is 0.264 e. The number of hydrogen-bond acceptors (Lipinski definition) is 6. The molecular weight excluding hydrogens is 362 g/mol. The SMILES string of the molecule is N#Cc1ccccc1OCC(=O)Nc1nc(-c2ccc3c(c2)CCO3)cs1. The van der Waals surface area contributed by atoms with Crippen molar-refractivity contribution in [2.24, 2.45) is 0 Å². The fourth-order valence-electron chi connectivity index (χ4n) is 2.79. The highest BCUT2D eigenvalue weighted by Crippen LogP contribution is 2.31. The molecule has 27 heavy (non-hydrogen) atoms. The average molecular weight is 377 g/mol. The number of hydrogen-bond donors (Lipinski definition) is 1. The molecule has 2 heterocycles. The summed E-state index contributed by atoms with van der Waals surface area (Å²) >= 11 is 1.35. The van der Waals surface area contributed by atoms with E-state index in [0.29, 0.717) is 23.1 Å². The third-order valence-electron chi connectivity index (χ3n) is 4.10. The van der Waals surface area contributed by atoms with Crippen LogP contribution in [0.5, 0.6) is 11.5 Å². The van der Waals surface area contributed by atoms with E-state index >= 15 is 0 Å². The van der Waals surface area contributed by atoms with E-state index in [1.807, 2.05) is 23.6 Å². The van der Waals surface area contributed by atoms with Gasteiger partial charge in [0.15, 0.2) is 11.7 Å². The lowest BCUT2D eigenvalue weighted by Gasteiger charge is -2.07. The maximum absolute atomic E-state index is 12.1. The zero-order valence-electron chi connectivity index (χ0n) is 14.3. The molecule has 2 aromatic carbocycles. The normalized spacial score (nSPS) is 12.0. The smallest absolute Gasteiger partial charge is 0.264 e. The van der Waals surface area contributed by atoms with Gasteiger partial charge in [0.05, 0.1) is 17.9 Å². The molecule has 1 aliphatic heterocycles. The molecule has 1 amide bonds. The second kappa shape index (κ2) is 7.48. The molecule has 7 heteroatoms. The number of thiazole rings is 1. The summed E-state index contributed by atoms with van der Waals surface area (Å²) in [6.07, 6.45) is 0.901. The Kier molecular flexibility index (Phi) is 4.73. The van der Waals surface area contributed by atoms with Gasteiger partial charge in [-0.15, -0.1) is 11.3 Å². The third-order valence-corrected chi connectivity index (χ3v) is 4.86. The lowest BCUT2D eigenvalue weighted by Crippen LogP contribution is -2.20. The molecule has 134 valence electrons. The molecule has 3 aromatic rings. The lowest BCUT2D eigenvalue weighted by molar-refractivity contribution is -0.118. The molecule has 0 unspecified atom stereocenters. The summed E-state index contributed by atoms with van der Waals surface area (Å²) in [5, 5.41) is 14.2. The molecule has 0 bridgehead atoms. The first-order valence-electron chi connectivity index (χ1n) is 8.36. The van der Waals surface area contributed by atoms with E-state index < -0.39 is 0 Å². The number of para-hydroxylation sites is 1. The molecule has 6 nitrogen and oxygen atoms in total. The largest absolute Gasteiger partial charge is 0.493 e. The van der Waals surface area contributed by atoms with Crippen molar-refractivity contribution >= 4 is 22.4 Å². The quantitative estimate of drug-likeness (QED) is 0.734. The maximum atomic E-state index is 12.1. The molecular formula is C20H15N3O3S. The summed E-state index contributed by atoms with van der Waals surface area (Å²) in [6.45, 7) is 0.524. The van der Waals surface area contributed by atoms with Crippen molar-refractivity contribution in [1.82, 2.24) is 4.98 Å². The zero-order chi connectivity index (χ0) is 18.6. The molecule has 0 spiro atoms. The third kappa shape index (κ3) is 3.76. The Labute approximate surface area is 160 Å². The van der Waals surface area contributed by atoms with Crippen LogP contribution < -0.4 is 14.8 Å². The van der Waals surface area contributed by atoms with Gasteiger partial charge in [-0.25, -0.2) is 4.98 Å². The molecule has 0 saturated carbocycles. The Bertz CT molecular complexity index is 1040. The van der Waals surface area contributed by atoms with Gasteiger partial charge in [-0.1, -0.05) is 12.1 Å². The first-order valence-corrected chi connectivity index (χ1v) is 9.24. The van der Waals surface area contributed by atoms with Crippen molar-refractivity contribution in [3.8, 4) is 28.8 Å². The van der Waals surface area contributed by atoms with Gasteiger partial charge >= 0.3 is 0 Å². The van der Waals surface area contributed by atoms with Crippen LogP contribution in [0.4, 0.5) is 5.13 Å². The van der Waals surface area contributed by atoms with Crippen molar-refractivity contribution in [3.63, 3.8) is 0 Å². The number of anilines is 1. The molecule has 4 rings (SSSR count). The number of fused-ring (bicyclic) bond motifs is 1. The van der Waals surface area contributed by atoms with Crippen LogP contribution in [0.3, 0.4) is 0 Å². The van der Waals surface area contributed by atoms with Crippen molar-refractivity contribution in [2.75, 3.05) is 18.5 Å². The van der Waals surface area contributed by atoms with E-state index in [1.165, 1.54) is 16.9 Å². The molecule has 0 radical (unpaired) electrons. The van der Waals surface area contributed by atoms with Gasteiger partial charge < -0.3 is 9.47 Å². The highest BCUT2D eigenvalue weighted by Gasteiger charge is 2.15. The van der Waals surface area contributed by atoms with E-state index in [4.69, 9.17) is 14.7 Å². The van der Waals surface area contributed by atoms with E-state index in [1.54, 1.807) is 24.3 Å². The first kappa shape index (κ1) is 17.1. The van der Waals surface area contributed by atoms with Crippen molar-refractivity contribution in [2.45, 2.75) is 6.42 Å². The van der Waals surface area contributed by atoms with Gasteiger partial charge in [0.1, 0.15) is 17.6 Å². The Morgan fingerprint density at radius 1 is 1.33 bits per heavy atom. The number of amides is 1. The fourth-order valence-corrected chi connectivity index (χ4v) is 3.53. The summed E-state index contributed by atoms with van der Waals surface area (Å²) in [7, 11) is 0. The van der Waals surface area contributed by atoms with Gasteiger partial charge in [0.25, 0.3) is 5.91 Å². The fraction of sp³-hybridized carbons (Fsp3) is 0.150. The Morgan fingerprint density at radius 2 is 2.22 bits per heavy atom. The highest BCUT2D eigenvalue weighted by molar-refractivity contribution is 7.14. The minimum absolute atomic E-state index is 0.191. The summed E-state index contributed by atoms with van der Waals surface area (Å²) in [5.74, 6) is 0.985. The van der Waals surface area contributed by atoms with E-state index in [9.17, 15) is 4.79 Å². The average Bonchev–Trinajstić information content (AvgIpc) is 3.35. The monoisotopic (exact) mass is 377 g/mol. The number of benzene rings is 2. The Balaban J connectivity index is 1.39. The highest BCUT2D eigenvalue weighted by atomic mass is 32.1. The van der Waals surface area contributed by atoms with E-state index in [2.05, 4.69) is 16.4 Å². The molecule has 0 atom stereocenters. The first-order chi connectivity index (χ1) is 13.2. The lowest BCUT2D eigenvalue weighted by atomic mass is 10.1. The van der Waals surface area contributed by atoms with Gasteiger partial charge in [-0.3, -0.25) is 10.1 Å². The number of aromatic nitrogens is 1. The van der Waals surface area contributed by atoms with Gasteiger partial charge in [-0.05, 0) is 35.9 Å². The van der Waals surface area contributed by atoms with Crippen LogP contribution in [-0.4, -0.2) is 24.1 Å². The van der Waals surface area contributed by atoms with E-state index in [-0.39, 0.29) is 12.5 Å². The number of nitrogens with zero attached hydrogens (tertiary/aromatic N) is 2. The molecule has 1 aliphatic rings. The van der Waals surface area contributed by atoms with Crippen LogP contribution in [0.2, 0.25) is 0 Å². The van der Waals surface area contributed by atoms with Gasteiger partial charge in [0.2, 0.25) is 0 Å². The summed E-state index contributed by atoms with van der Waals surface area (Å²) < 4.78 is 11.0. The molecule has 1 N–H and O–H groups in total. The second-order valence-electron chi connectivity index (χ2n) is 5.90. The van der Waals surface area contributed by atoms with Crippen molar-refractivity contribution in [3.05, 3.63) is 59.0 Å². The Hall–Kier alpha value is -3.37. The second-order valence-corrected chi connectivity index (χ2v) is 6.76. The van der Waals surface area contributed by atoms with Gasteiger partial charge in [-0.2, -0.15) is 5.26 Å². The number of carbonyl (C=O) groups is 1. The van der Waals surface area contributed by atoms with Crippen LogP contribution in [0, 0.1) is 11.3 Å². The molecule has 0 aliphatic carbocycles. The summed E-state index contributed by atoms with van der Waals surface area (Å²) in [5.41, 5.74) is 3.37. The topological polar surface area (TPSA) is 84.2 Å². The van der Waals surface area contributed by atoms with Crippen LogP contribution in [0.1, 0.15) is 11.1 Å². The van der Waals surface area contributed by atoms with Crippen LogP contribution >= 0.6 is 11.3 Å². The summed E-state index contributed by atoms with van der Waals surface area (Å²) in [4.78, 5) is 16.6.